The van der Waals surface area contributed by atoms with Crippen molar-refractivity contribution in [2.24, 2.45) is 11.8 Å². The molecule has 1 fully saturated rings. The normalized spacial score (nSPS) is 23.4. The maximum Gasteiger partial charge on any atom is 0.0881 e. The molecule has 2 N–H and O–H groups in total. The first-order valence-corrected chi connectivity index (χ1v) is 7.91. The number of aromatic nitrogens is 2. The maximum absolute atomic E-state index is 4.14. The predicted octanol–water partition coefficient (Wildman–Crippen LogP) is 4.58. The summed E-state index contributed by atoms with van der Waals surface area (Å²) in [4.78, 5) is 0. The molecule has 108 valence electrons. The summed E-state index contributed by atoms with van der Waals surface area (Å²) in [6.45, 7) is 4.67. The van der Waals surface area contributed by atoms with Crippen LogP contribution in [0.15, 0.2) is 24.4 Å². The third-order valence-corrected chi connectivity index (χ3v) is 4.42. The van der Waals surface area contributed by atoms with E-state index in [4.69, 9.17) is 0 Å². The zero-order valence-electron chi connectivity index (χ0n) is 12.5. The fourth-order valence-electron chi connectivity index (χ4n) is 3.61. The van der Waals surface area contributed by atoms with E-state index in [0.717, 1.165) is 17.4 Å². The Labute approximate surface area is 121 Å². The molecule has 1 aromatic heterocycles. The van der Waals surface area contributed by atoms with E-state index in [2.05, 4.69) is 47.6 Å². The first-order valence-electron chi connectivity index (χ1n) is 7.91. The van der Waals surface area contributed by atoms with Crippen LogP contribution in [0.2, 0.25) is 0 Å². The molecule has 2 aromatic rings. The number of nitrogens with zero attached hydrogens (tertiary/aromatic N) is 1. The standard InChI is InChI=1S/C17H25N3/c1-12(2)9-13-5-3-7-15(10-13)19-16-8-4-6-14-11-18-20-17(14)16/h4,6,8,11-13,15,19H,3,5,7,9-10H2,1-2H3,(H,18,20). The minimum Gasteiger partial charge on any atom is -0.381 e. The van der Waals surface area contributed by atoms with Crippen LogP contribution in [0.5, 0.6) is 0 Å². The van der Waals surface area contributed by atoms with E-state index in [9.17, 15) is 0 Å². The number of hydrogen-bond donors (Lipinski definition) is 2. The van der Waals surface area contributed by atoms with Gasteiger partial charge in [-0.25, -0.2) is 0 Å². The lowest BCUT2D eigenvalue weighted by molar-refractivity contribution is 0.289. The highest BCUT2D eigenvalue weighted by Gasteiger charge is 2.22. The number of rotatable bonds is 4. The van der Waals surface area contributed by atoms with Gasteiger partial charge in [0, 0.05) is 11.4 Å². The van der Waals surface area contributed by atoms with Crippen molar-refractivity contribution in [3.63, 3.8) is 0 Å². The molecule has 0 bridgehead atoms. The van der Waals surface area contributed by atoms with Gasteiger partial charge < -0.3 is 5.32 Å². The second-order valence-electron chi connectivity index (χ2n) is 6.64. The minimum atomic E-state index is 0.612. The van der Waals surface area contributed by atoms with Gasteiger partial charge in [0.2, 0.25) is 0 Å². The number of nitrogens with one attached hydrogen (secondary N) is 2. The number of benzene rings is 1. The Kier molecular flexibility index (Phi) is 3.95. The van der Waals surface area contributed by atoms with Crippen LogP contribution in [-0.4, -0.2) is 16.2 Å². The molecule has 0 radical (unpaired) electrons. The van der Waals surface area contributed by atoms with Gasteiger partial charge >= 0.3 is 0 Å². The summed E-state index contributed by atoms with van der Waals surface area (Å²) in [5, 5.41) is 12.2. The number of para-hydroxylation sites is 1. The molecule has 2 unspecified atom stereocenters. The van der Waals surface area contributed by atoms with Crippen molar-refractivity contribution >= 4 is 16.6 Å². The molecule has 3 rings (SSSR count). The summed E-state index contributed by atoms with van der Waals surface area (Å²) in [5.74, 6) is 1.71. The second-order valence-corrected chi connectivity index (χ2v) is 6.64. The lowest BCUT2D eigenvalue weighted by Crippen LogP contribution is -2.28. The van der Waals surface area contributed by atoms with E-state index in [1.54, 1.807) is 0 Å². The molecule has 1 aromatic carbocycles. The SMILES string of the molecule is CC(C)CC1CCCC(Nc2cccc3cn[nH]c23)C1. The second kappa shape index (κ2) is 5.86. The van der Waals surface area contributed by atoms with Crippen LogP contribution in [0.3, 0.4) is 0 Å². The smallest absolute Gasteiger partial charge is 0.0881 e. The molecule has 1 heterocycles. The Morgan fingerprint density at radius 2 is 2.25 bits per heavy atom. The van der Waals surface area contributed by atoms with Crippen LogP contribution in [0, 0.1) is 11.8 Å². The fourth-order valence-corrected chi connectivity index (χ4v) is 3.61. The van der Waals surface area contributed by atoms with E-state index in [1.807, 2.05) is 6.20 Å². The van der Waals surface area contributed by atoms with E-state index in [0.29, 0.717) is 6.04 Å². The van der Waals surface area contributed by atoms with Crippen molar-refractivity contribution in [1.82, 2.24) is 10.2 Å². The fraction of sp³-hybridized carbons (Fsp3) is 0.588. The zero-order valence-corrected chi connectivity index (χ0v) is 12.5. The molecule has 20 heavy (non-hydrogen) atoms. The van der Waals surface area contributed by atoms with Gasteiger partial charge in [0.1, 0.15) is 0 Å². The van der Waals surface area contributed by atoms with E-state index in [1.165, 1.54) is 43.2 Å². The van der Waals surface area contributed by atoms with Crippen molar-refractivity contribution in [2.75, 3.05) is 5.32 Å². The predicted molar refractivity (Wildman–Crippen MR) is 84.9 cm³/mol. The average Bonchev–Trinajstić information content (AvgIpc) is 2.88. The van der Waals surface area contributed by atoms with Crippen LogP contribution in [0.25, 0.3) is 10.9 Å². The van der Waals surface area contributed by atoms with Gasteiger partial charge in [-0.05, 0) is 37.2 Å². The van der Waals surface area contributed by atoms with E-state index in [-0.39, 0.29) is 0 Å². The van der Waals surface area contributed by atoms with Gasteiger partial charge in [0.15, 0.2) is 0 Å². The van der Waals surface area contributed by atoms with E-state index < -0.39 is 0 Å². The van der Waals surface area contributed by atoms with Crippen molar-refractivity contribution in [3.05, 3.63) is 24.4 Å². The van der Waals surface area contributed by atoms with Crippen molar-refractivity contribution < 1.29 is 0 Å². The Morgan fingerprint density at radius 1 is 1.35 bits per heavy atom. The third kappa shape index (κ3) is 2.97. The average molecular weight is 271 g/mol. The quantitative estimate of drug-likeness (QED) is 0.854. The molecule has 0 amide bonds. The maximum atomic E-state index is 4.14. The van der Waals surface area contributed by atoms with Crippen LogP contribution in [-0.2, 0) is 0 Å². The topological polar surface area (TPSA) is 40.7 Å². The monoisotopic (exact) mass is 271 g/mol. The summed E-state index contributed by atoms with van der Waals surface area (Å²) >= 11 is 0. The van der Waals surface area contributed by atoms with Crippen LogP contribution in [0.1, 0.15) is 46.0 Å². The van der Waals surface area contributed by atoms with Gasteiger partial charge in [0.05, 0.1) is 17.4 Å². The van der Waals surface area contributed by atoms with Crippen molar-refractivity contribution in [2.45, 2.75) is 52.0 Å². The molecule has 1 saturated carbocycles. The first kappa shape index (κ1) is 13.5. The molecule has 0 aliphatic heterocycles. The van der Waals surface area contributed by atoms with Gasteiger partial charge in [-0.1, -0.05) is 38.8 Å². The molecule has 3 heteroatoms. The molecule has 0 spiro atoms. The van der Waals surface area contributed by atoms with Crippen LogP contribution in [0.4, 0.5) is 5.69 Å². The zero-order chi connectivity index (χ0) is 13.9. The molecule has 2 atom stereocenters. The Balaban J connectivity index is 1.69. The highest BCUT2D eigenvalue weighted by molar-refractivity contribution is 5.89. The largest absolute Gasteiger partial charge is 0.381 e. The summed E-state index contributed by atoms with van der Waals surface area (Å²) < 4.78 is 0. The minimum absolute atomic E-state index is 0.612. The molecular formula is C17H25N3. The lowest BCUT2D eigenvalue weighted by Gasteiger charge is -2.31. The number of hydrogen-bond acceptors (Lipinski definition) is 2. The van der Waals surface area contributed by atoms with E-state index >= 15 is 0 Å². The summed E-state index contributed by atoms with van der Waals surface area (Å²) in [5.41, 5.74) is 2.34. The molecular weight excluding hydrogens is 246 g/mol. The number of anilines is 1. The number of fused-ring (bicyclic) bond motifs is 1. The first-order chi connectivity index (χ1) is 9.72. The molecule has 1 aliphatic rings. The summed E-state index contributed by atoms with van der Waals surface area (Å²) in [6, 6.07) is 6.98. The molecule has 3 nitrogen and oxygen atoms in total. The number of H-pyrrole nitrogens is 1. The van der Waals surface area contributed by atoms with Gasteiger partial charge in [-0.3, -0.25) is 5.10 Å². The third-order valence-electron chi connectivity index (χ3n) is 4.42. The Bertz CT molecular complexity index is 558. The van der Waals surface area contributed by atoms with Crippen molar-refractivity contribution in [1.29, 1.82) is 0 Å². The highest BCUT2D eigenvalue weighted by Crippen LogP contribution is 2.32. The van der Waals surface area contributed by atoms with Crippen molar-refractivity contribution in [3.8, 4) is 0 Å². The Hall–Kier alpha value is -1.51. The molecule has 0 saturated heterocycles. The summed E-state index contributed by atoms with van der Waals surface area (Å²) in [6.07, 6.45) is 8.62. The highest BCUT2D eigenvalue weighted by atomic mass is 15.1. The van der Waals surface area contributed by atoms with Gasteiger partial charge in [0.25, 0.3) is 0 Å². The van der Waals surface area contributed by atoms with Gasteiger partial charge in [-0.2, -0.15) is 5.10 Å². The van der Waals surface area contributed by atoms with Crippen LogP contribution < -0.4 is 5.32 Å². The summed E-state index contributed by atoms with van der Waals surface area (Å²) in [7, 11) is 0. The molecule has 1 aliphatic carbocycles. The lowest BCUT2D eigenvalue weighted by atomic mass is 9.81. The Morgan fingerprint density at radius 3 is 3.10 bits per heavy atom. The number of aromatic amines is 1. The van der Waals surface area contributed by atoms with Crippen LogP contribution >= 0.6 is 0 Å². The van der Waals surface area contributed by atoms with Gasteiger partial charge in [-0.15, -0.1) is 0 Å².